The smallest absolute Gasteiger partial charge is 0.192 e. The summed E-state index contributed by atoms with van der Waals surface area (Å²) in [4.78, 5) is 12.4. The largest absolute Gasteiger partial charge is 0.414 e. The number of imidazole rings is 1. The van der Waals surface area contributed by atoms with Crippen molar-refractivity contribution in [2.45, 2.75) is 63.8 Å². The highest BCUT2D eigenvalue weighted by Gasteiger charge is 2.41. The van der Waals surface area contributed by atoms with Gasteiger partial charge in [0.2, 0.25) is 0 Å². The first-order valence-corrected chi connectivity index (χ1v) is 11.4. The Labute approximate surface area is 148 Å². The fraction of sp³-hybridized carbons (Fsp3) is 0.688. The van der Waals surface area contributed by atoms with Crippen molar-refractivity contribution < 1.29 is 14.3 Å². The molecule has 0 amide bonds. The van der Waals surface area contributed by atoms with Crippen LogP contribution in [0.2, 0.25) is 18.1 Å². The summed E-state index contributed by atoms with van der Waals surface area (Å²) in [6, 6.07) is 0. The van der Waals surface area contributed by atoms with Crippen LogP contribution in [0.1, 0.15) is 33.4 Å². The van der Waals surface area contributed by atoms with Crippen LogP contribution < -0.4 is 5.73 Å². The van der Waals surface area contributed by atoms with Crippen molar-refractivity contribution in [2.24, 2.45) is 0 Å². The maximum atomic E-state index is 10.4. The highest BCUT2D eigenvalue weighted by Crippen LogP contribution is 2.38. The minimum absolute atomic E-state index is 0.116. The van der Waals surface area contributed by atoms with E-state index in [1.54, 1.807) is 10.9 Å². The molecule has 1 aliphatic heterocycles. The number of rotatable bonds is 4. The molecule has 0 bridgehead atoms. The van der Waals surface area contributed by atoms with Gasteiger partial charge in [-0.15, -0.1) is 0 Å². The second-order valence-corrected chi connectivity index (χ2v) is 12.9. The third-order valence-corrected chi connectivity index (χ3v) is 9.82. The third kappa shape index (κ3) is 3.41. The fourth-order valence-corrected chi connectivity index (χ4v) is 3.64. The van der Waals surface area contributed by atoms with Gasteiger partial charge in [0.15, 0.2) is 19.8 Å². The number of hydrogen-bond donors (Lipinski definition) is 2. The van der Waals surface area contributed by atoms with E-state index in [2.05, 4.69) is 48.8 Å². The Morgan fingerprint density at radius 1 is 1.36 bits per heavy atom. The van der Waals surface area contributed by atoms with Crippen LogP contribution in [0.15, 0.2) is 12.7 Å². The molecule has 9 heteroatoms. The average Bonchev–Trinajstić information content (AvgIpc) is 3.08. The lowest BCUT2D eigenvalue weighted by Gasteiger charge is -2.37. The van der Waals surface area contributed by atoms with Gasteiger partial charge in [-0.05, 0) is 18.1 Å². The molecular weight excluding hydrogens is 338 g/mol. The molecule has 0 spiro atoms. The molecule has 3 heterocycles. The summed E-state index contributed by atoms with van der Waals surface area (Å²) >= 11 is 0. The molecule has 3 atom stereocenters. The van der Waals surface area contributed by atoms with Crippen molar-refractivity contribution in [1.82, 2.24) is 19.5 Å². The van der Waals surface area contributed by atoms with E-state index in [9.17, 15) is 5.11 Å². The minimum atomic E-state index is -1.89. The second kappa shape index (κ2) is 6.31. The van der Waals surface area contributed by atoms with Crippen molar-refractivity contribution >= 4 is 25.3 Å². The van der Waals surface area contributed by atoms with Gasteiger partial charge in [-0.25, -0.2) is 15.0 Å². The number of hydrogen-bond acceptors (Lipinski definition) is 7. The molecule has 3 rings (SSSR count). The zero-order chi connectivity index (χ0) is 18.4. The summed E-state index contributed by atoms with van der Waals surface area (Å²) in [5.41, 5.74) is 6.98. The molecule has 2 aromatic heterocycles. The quantitative estimate of drug-likeness (QED) is 0.798. The molecule has 1 unspecified atom stereocenters. The molecule has 25 heavy (non-hydrogen) atoms. The molecule has 8 nitrogen and oxygen atoms in total. The normalized spacial score (nSPS) is 25.0. The molecule has 0 saturated carbocycles. The molecule has 1 saturated heterocycles. The summed E-state index contributed by atoms with van der Waals surface area (Å²) in [5.74, 6) is 0.333. The maximum Gasteiger partial charge on any atom is 0.192 e. The molecule has 138 valence electrons. The predicted octanol–water partition coefficient (Wildman–Crippen LogP) is 2.08. The molecule has 1 aliphatic rings. The second-order valence-electron chi connectivity index (χ2n) is 8.09. The van der Waals surface area contributed by atoms with Gasteiger partial charge in [0.1, 0.15) is 24.2 Å². The van der Waals surface area contributed by atoms with E-state index in [4.69, 9.17) is 14.9 Å². The average molecular weight is 366 g/mol. The van der Waals surface area contributed by atoms with Crippen LogP contribution in [0.4, 0.5) is 5.82 Å². The lowest BCUT2D eigenvalue weighted by atomic mass is 10.2. The van der Waals surface area contributed by atoms with Crippen molar-refractivity contribution in [1.29, 1.82) is 0 Å². The van der Waals surface area contributed by atoms with E-state index in [0.29, 0.717) is 30.0 Å². The number of nitrogens with two attached hydrogens (primary N) is 1. The van der Waals surface area contributed by atoms with Crippen LogP contribution in [0.3, 0.4) is 0 Å². The van der Waals surface area contributed by atoms with E-state index >= 15 is 0 Å². The zero-order valence-corrected chi connectivity index (χ0v) is 16.4. The molecule has 0 aromatic carbocycles. The topological polar surface area (TPSA) is 108 Å². The van der Waals surface area contributed by atoms with E-state index in [1.165, 1.54) is 6.33 Å². The van der Waals surface area contributed by atoms with Crippen molar-refractivity contribution in [2.75, 3.05) is 12.3 Å². The summed E-state index contributed by atoms with van der Waals surface area (Å²) in [6.07, 6.45) is 2.19. The van der Waals surface area contributed by atoms with Crippen LogP contribution in [0.5, 0.6) is 0 Å². The van der Waals surface area contributed by atoms with Gasteiger partial charge in [0.25, 0.3) is 0 Å². The molecule has 0 aliphatic carbocycles. The zero-order valence-electron chi connectivity index (χ0n) is 15.4. The Bertz CT molecular complexity index is 758. The molecule has 3 N–H and O–H groups in total. The highest BCUT2D eigenvalue weighted by atomic mass is 28.4. The first-order chi connectivity index (χ1) is 11.6. The number of ether oxygens (including phenoxy) is 1. The van der Waals surface area contributed by atoms with Crippen molar-refractivity contribution in [3.63, 3.8) is 0 Å². The van der Waals surface area contributed by atoms with Gasteiger partial charge in [-0.2, -0.15) is 0 Å². The van der Waals surface area contributed by atoms with Gasteiger partial charge < -0.3 is 20.0 Å². The lowest BCUT2D eigenvalue weighted by Crippen LogP contribution is -2.43. The Morgan fingerprint density at radius 2 is 2.08 bits per heavy atom. The van der Waals surface area contributed by atoms with Crippen LogP contribution in [0, 0.1) is 0 Å². The lowest BCUT2D eigenvalue weighted by molar-refractivity contribution is -0.0405. The number of anilines is 1. The van der Waals surface area contributed by atoms with Crippen molar-refractivity contribution in [3.8, 4) is 0 Å². The number of aliphatic hydroxyl groups excluding tert-OH is 1. The van der Waals surface area contributed by atoms with E-state index in [0.717, 1.165) is 0 Å². The Balaban J connectivity index is 1.72. The third-order valence-electron chi connectivity index (χ3n) is 5.32. The van der Waals surface area contributed by atoms with Gasteiger partial charge in [0.05, 0.1) is 19.0 Å². The number of aliphatic hydroxyl groups is 1. The molecular formula is C16H27N5O3Si. The molecule has 1 fully saturated rings. The van der Waals surface area contributed by atoms with E-state index in [1.807, 2.05) is 0 Å². The summed E-state index contributed by atoms with van der Waals surface area (Å²) in [5, 5.41) is 10.5. The van der Waals surface area contributed by atoms with Gasteiger partial charge in [-0.3, -0.25) is 4.57 Å². The van der Waals surface area contributed by atoms with Crippen molar-refractivity contribution in [3.05, 3.63) is 12.7 Å². The standard InChI is InChI=1S/C16H27N5O3Si/c1-16(2,3)25(4,5)23-7-11-10(22)6-12(24-11)21-9-20-13-14(17)18-8-19-15(13)21/h8-12,22H,6-7H2,1-5H3,(H2,17,18,19)/t10?,11-,12-/m0/s1. The Kier molecular flexibility index (Phi) is 4.61. The van der Waals surface area contributed by atoms with Gasteiger partial charge in [-0.1, -0.05) is 20.8 Å². The Morgan fingerprint density at radius 3 is 2.76 bits per heavy atom. The Hall–Kier alpha value is -1.55. The monoisotopic (exact) mass is 365 g/mol. The summed E-state index contributed by atoms with van der Waals surface area (Å²) in [7, 11) is -1.89. The van der Waals surface area contributed by atoms with E-state index in [-0.39, 0.29) is 17.4 Å². The molecule has 2 aromatic rings. The van der Waals surface area contributed by atoms with E-state index < -0.39 is 14.4 Å². The highest BCUT2D eigenvalue weighted by molar-refractivity contribution is 6.74. The number of aromatic nitrogens is 4. The number of nitrogen functional groups attached to an aromatic ring is 1. The number of fused-ring (bicyclic) bond motifs is 1. The molecule has 0 radical (unpaired) electrons. The first kappa shape index (κ1) is 18.2. The van der Waals surface area contributed by atoms with Crippen LogP contribution >= 0.6 is 0 Å². The first-order valence-electron chi connectivity index (χ1n) is 8.50. The fourth-order valence-electron chi connectivity index (χ4n) is 2.62. The van der Waals surface area contributed by atoms with Gasteiger partial charge in [0, 0.05) is 6.42 Å². The van der Waals surface area contributed by atoms with Crippen LogP contribution in [-0.4, -0.2) is 51.8 Å². The van der Waals surface area contributed by atoms with Crippen LogP contribution in [0.25, 0.3) is 11.2 Å². The SMILES string of the molecule is CC(C)(C)[Si](C)(C)OC[C@@H]1O[C@H](n2cnc3c(N)ncnc32)CC1O. The maximum absolute atomic E-state index is 10.4. The van der Waals surface area contributed by atoms with Crippen LogP contribution in [-0.2, 0) is 9.16 Å². The predicted molar refractivity (Wildman–Crippen MR) is 97.4 cm³/mol. The minimum Gasteiger partial charge on any atom is -0.414 e. The summed E-state index contributed by atoms with van der Waals surface area (Å²) in [6.45, 7) is 11.3. The van der Waals surface area contributed by atoms with Gasteiger partial charge >= 0.3 is 0 Å². The number of nitrogens with zero attached hydrogens (tertiary/aromatic N) is 4. The summed E-state index contributed by atoms with van der Waals surface area (Å²) < 4.78 is 14.0.